The Balaban J connectivity index is 1.96. The van der Waals surface area contributed by atoms with Crippen LogP contribution in [-0.4, -0.2) is 22.7 Å². The highest BCUT2D eigenvalue weighted by Crippen LogP contribution is 2.29. The fourth-order valence-corrected chi connectivity index (χ4v) is 2.73. The largest absolute Gasteiger partial charge is 0.339 e. The summed E-state index contributed by atoms with van der Waals surface area (Å²) in [6, 6.07) is 0.507. The Bertz CT molecular complexity index is 331. The van der Waals surface area contributed by atoms with E-state index < -0.39 is 0 Å². The summed E-state index contributed by atoms with van der Waals surface area (Å²) in [6.07, 6.45) is 7.15. The normalized spacial score (nSPS) is 18.7. The Morgan fingerprint density at radius 3 is 2.71 bits per heavy atom. The highest BCUT2D eigenvalue weighted by Gasteiger charge is 2.26. The first-order chi connectivity index (χ1) is 8.33. The van der Waals surface area contributed by atoms with E-state index in [2.05, 4.69) is 22.4 Å². The molecule has 0 aromatic carbocycles. The van der Waals surface area contributed by atoms with Gasteiger partial charge in [-0.25, -0.2) is 0 Å². The maximum Gasteiger partial charge on any atom is 0.228 e. The van der Waals surface area contributed by atoms with E-state index in [0.29, 0.717) is 6.04 Å². The van der Waals surface area contributed by atoms with Crippen LogP contribution in [0.15, 0.2) is 4.52 Å². The minimum atomic E-state index is 0.507. The number of rotatable bonds is 6. The summed E-state index contributed by atoms with van der Waals surface area (Å²) in [7, 11) is 0. The van der Waals surface area contributed by atoms with E-state index >= 15 is 0 Å². The maximum atomic E-state index is 5.29. The van der Waals surface area contributed by atoms with E-state index in [9.17, 15) is 0 Å². The molecule has 0 aliphatic heterocycles. The van der Waals surface area contributed by atoms with Crippen LogP contribution < -0.4 is 5.32 Å². The topological polar surface area (TPSA) is 51.0 Å². The number of likely N-dealkylation sites (N-methyl/N-ethyl adjacent to an activating group) is 1. The van der Waals surface area contributed by atoms with Crippen LogP contribution >= 0.6 is 0 Å². The lowest BCUT2D eigenvalue weighted by Crippen LogP contribution is -2.37. The van der Waals surface area contributed by atoms with Crippen molar-refractivity contribution in [3.05, 3.63) is 11.7 Å². The van der Waals surface area contributed by atoms with Crippen LogP contribution in [0.1, 0.15) is 51.2 Å². The molecule has 1 N–H and O–H groups in total. The molecule has 1 fully saturated rings. The third-order valence-corrected chi connectivity index (χ3v) is 3.66. The molecular weight excluding hydrogens is 214 g/mol. The third kappa shape index (κ3) is 3.28. The van der Waals surface area contributed by atoms with Crippen LogP contribution in [0, 0.1) is 5.92 Å². The molecule has 4 nitrogen and oxygen atoms in total. The van der Waals surface area contributed by atoms with Crippen LogP contribution in [0.3, 0.4) is 0 Å². The van der Waals surface area contributed by atoms with Gasteiger partial charge in [0, 0.05) is 18.9 Å². The zero-order chi connectivity index (χ0) is 12.1. The lowest BCUT2D eigenvalue weighted by Gasteiger charge is -2.22. The van der Waals surface area contributed by atoms with Crippen LogP contribution in [0.25, 0.3) is 0 Å². The lowest BCUT2D eigenvalue weighted by molar-refractivity contribution is 0.309. The van der Waals surface area contributed by atoms with E-state index in [-0.39, 0.29) is 0 Å². The summed E-state index contributed by atoms with van der Waals surface area (Å²) in [5.41, 5.74) is 0. The van der Waals surface area contributed by atoms with Gasteiger partial charge in [0.05, 0.1) is 0 Å². The van der Waals surface area contributed by atoms with Gasteiger partial charge < -0.3 is 9.84 Å². The third-order valence-electron chi connectivity index (χ3n) is 3.66. The fraction of sp³-hybridized carbons (Fsp3) is 0.846. The predicted molar refractivity (Wildman–Crippen MR) is 66.8 cm³/mol. The summed E-state index contributed by atoms with van der Waals surface area (Å²) >= 11 is 0. The smallest absolute Gasteiger partial charge is 0.228 e. The molecule has 96 valence electrons. The average Bonchev–Trinajstić information content (AvgIpc) is 2.99. The van der Waals surface area contributed by atoms with Gasteiger partial charge in [0.25, 0.3) is 0 Å². The van der Waals surface area contributed by atoms with Crippen LogP contribution in [0.5, 0.6) is 0 Å². The molecule has 17 heavy (non-hydrogen) atoms. The van der Waals surface area contributed by atoms with Crippen molar-refractivity contribution >= 4 is 0 Å². The zero-order valence-electron chi connectivity index (χ0n) is 10.9. The molecule has 1 heterocycles. The van der Waals surface area contributed by atoms with Crippen molar-refractivity contribution in [1.29, 1.82) is 0 Å². The Morgan fingerprint density at radius 2 is 2.12 bits per heavy atom. The lowest BCUT2D eigenvalue weighted by atomic mass is 9.95. The molecule has 1 aromatic heterocycles. The Kier molecular flexibility index (Phi) is 4.54. The van der Waals surface area contributed by atoms with Gasteiger partial charge in [0.2, 0.25) is 5.89 Å². The monoisotopic (exact) mass is 237 g/mol. The van der Waals surface area contributed by atoms with Crippen LogP contribution in [0.4, 0.5) is 0 Å². The van der Waals surface area contributed by atoms with E-state index in [1.807, 2.05) is 6.92 Å². The van der Waals surface area contributed by atoms with Gasteiger partial charge >= 0.3 is 0 Å². The van der Waals surface area contributed by atoms with Gasteiger partial charge in [-0.15, -0.1) is 0 Å². The zero-order valence-corrected chi connectivity index (χ0v) is 10.9. The van der Waals surface area contributed by atoms with Gasteiger partial charge in [0.1, 0.15) is 0 Å². The first-order valence-corrected chi connectivity index (χ1v) is 6.88. The van der Waals surface area contributed by atoms with Crippen molar-refractivity contribution in [1.82, 2.24) is 15.5 Å². The second kappa shape index (κ2) is 6.15. The maximum absolute atomic E-state index is 5.29. The molecule has 1 saturated carbocycles. The number of nitrogens with one attached hydrogen (secondary N) is 1. The van der Waals surface area contributed by atoms with Crippen molar-refractivity contribution in [2.24, 2.45) is 5.92 Å². The summed E-state index contributed by atoms with van der Waals surface area (Å²) in [6.45, 7) is 5.22. The van der Waals surface area contributed by atoms with Crippen molar-refractivity contribution in [3.63, 3.8) is 0 Å². The molecule has 1 aliphatic rings. The van der Waals surface area contributed by atoms with Gasteiger partial charge in [-0.3, -0.25) is 0 Å². The predicted octanol–water partition coefficient (Wildman–Crippen LogP) is 2.34. The Morgan fingerprint density at radius 1 is 1.35 bits per heavy atom. The van der Waals surface area contributed by atoms with Crippen molar-refractivity contribution in [3.8, 4) is 0 Å². The summed E-state index contributed by atoms with van der Waals surface area (Å²) in [5, 5.41) is 7.53. The van der Waals surface area contributed by atoms with E-state index in [1.165, 1.54) is 25.7 Å². The first kappa shape index (κ1) is 12.6. The molecular formula is C13H23N3O. The standard InChI is InChI=1S/C13H23N3O/c1-3-12-15-13(17-16-12)9-11(14-4-2)10-7-5-6-8-10/h10-11,14H,3-9H2,1-2H3. The van der Waals surface area contributed by atoms with Gasteiger partial charge in [0.15, 0.2) is 5.82 Å². The van der Waals surface area contributed by atoms with E-state index in [4.69, 9.17) is 4.52 Å². The van der Waals surface area contributed by atoms with Crippen molar-refractivity contribution in [2.45, 2.75) is 58.4 Å². The second-order valence-electron chi connectivity index (χ2n) is 4.87. The highest BCUT2D eigenvalue weighted by molar-refractivity contribution is 4.92. The van der Waals surface area contributed by atoms with Crippen molar-refractivity contribution < 1.29 is 4.52 Å². The molecule has 0 saturated heterocycles. The van der Waals surface area contributed by atoms with Gasteiger partial charge in [-0.1, -0.05) is 31.8 Å². The molecule has 0 bridgehead atoms. The molecule has 1 aromatic rings. The summed E-state index contributed by atoms with van der Waals surface area (Å²) in [4.78, 5) is 4.40. The van der Waals surface area contributed by atoms with Crippen molar-refractivity contribution in [2.75, 3.05) is 6.54 Å². The minimum absolute atomic E-state index is 0.507. The molecule has 0 radical (unpaired) electrons. The Labute approximate surface area is 103 Å². The molecule has 0 amide bonds. The molecule has 4 heteroatoms. The van der Waals surface area contributed by atoms with Gasteiger partial charge in [-0.05, 0) is 25.3 Å². The minimum Gasteiger partial charge on any atom is -0.339 e. The summed E-state index contributed by atoms with van der Waals surface area (Å²) < 4.78 is 5.29. The number of hydrogen-bond acceptors (Lipinski definition) is 4. The van der Waals surface area contributed by atoms with Crippen LogP contribution in [-0.2, 0) is 12.8 Å². The molecule has 1 aliphatic carbocycles. The molecule has 1 unspecified atom stereocenters. The molecule has 2 rings (SSSR count). The Hall–Kier alpha value is -0.900. The average molecular weight is 237 g/mol. The second-order valence-corrected chi connectivity index (χ2v) is 4.87. The molecule has 1 atom stereocenters. The number of aromatic nitrogens is 2. The quantitative estimate of drug-likeness (QED) is 0.825. The van der Waals surface area contributed by atoms with Gasteiger partial charge in [-0.2, -0.15) is 4.98 Å². The number of nitrogens with zero attached hydrogens (tertiary/aromatic N) is 2. The van der Waals surface area contributed by atoms with E-state index in [1.54, 1.807) is 0 Å². The van der Waals surface area contributed by atoms with E-state index in [0.717, 1.165) is 37.0 Å². The number of hydrogen-bond donors (Lipinski definition) is 1. The molecule has 0 spiro atoms. The number of aryl methyl sites for hydroxylation is 1. The first-order valence-electron chi connectivity index (χ1n) is 6.88. The highest BCUT2D eigenvalue weighted by atomic mass is 16.5. The van der Waals surface area contributed by atoms with Crippen LogP contribution in [0.2, 0.25) is 0 Å². The summed E-state index contributed by atoms with van der Waals surface area (Å²) in [5.74, 6) is 2.40. The SMILES string of the molecule is CCNC(Cc1nc(CC)no1)C1CCCC1. The fourth-order valence-electron chi connectivity index (χ4n) is 2.73.